The van der Waals surface area contributed by atoms with Crippen molar-refractivity contribution in [2.75, 3.05) is 0 Å². The zero-order valence-corrected chi connectivity index (χ0v) is 29.6. The van der Waals surface area contributed by atoms with E-state index in [1.807, 2.05) is 42.5 Å². The first-order valence-electron chi connectivity index (χ1n) is 18.2. The molecule has 7 aromatic carbocycles. The normalized spacial score (nSPS) is 12.9. The molecule has 2 aromatic heterocycles. The molecule has 3 nitrogen and oxygen atoms in total. The zero-order valence-electron chi connectivity index (χ0n) is 29.6. The molecule has 53 heavy (non-hydrogen) atoms. The largest absolute Gasteiger partial charge is 0.244 e. The smallest absolute Gasteiger partial charge is 0.179 e. The molecule has 0 aliphatic heterocycles. The lowest BCUT2D eigenvalue weighted by Gasteiger charge is -2.22. The van der Waals surface area contributed by atoms with E-state index in [0.717, 1.165) is 44.5 Å². The first-order chi connectivity index (χ1) is 26.0. The molecule has 2 heterocycles. The van der Waals surface area contributed by atoms with Crippen molar-refractivity contribution in [2.24, 2.45) is 0 Å². The van der Waals surface area contributed by atoms with Crippen molar-refractivity contribution in [3.63, 3.8) is 0 Å². The standard InChI is InChI=1S/C50H35N3/c1-50(2)43-21-10-9-20-40(43)41-25-23-35(30-44(41)50)34-16-12-17-36(29-34)37-26-27-42(39-19-8-7-18-38(37)39)48-31-47(32-13-4-3-5-14-32)52-49(53-48)46-28-24-33-15-6-11-22-45(33)51-46/h3-31H,1-2H3. The molecule has 250 valence electrons. The number of pyridine rings is 1. The molecule has 0 saturated heterocycles. The molecule has 0 atom stereocenters. The zero-order chi connectivity index (χ0) is 35.5. The maximum absolute atomic E-state index is 5.19. The molecule has 10 rings (SSSR count). The number of fused-ring (bicyclic) bond motifs is 5. The van der Waals surface area contributed by atoms with E-state index in [-0.39, 0.29) is 5.41 Å². The molecule has 1 aliphatic rings. The summed E-state index contributed by atoms with van der Waals surface area (Å²) < 4.78 is 0. The van der Waals surface area contributed by atoms with Gasteiger partial charge in [-0.1, -0.05) is 159 Å². The Bertz CT molecular complexity index is 2870. The van der Waals surface area contributed by atoms with Gasteiger partial charge in [0, 0.05) is 21.9 Å². The average molecular weight is 678 g/mol. The van der Waals surface area contributed by atoms with E-state index in [1.165, 1.54) is 49.9 Å². The van der Waals surface area contributed by atoms with Crippen molar-refractivity contribution in [3.8, 4) is 67.4 Å². The van der Waals surface area contributed by atoms with E-state index in [4.69, 9.17) is 15.0 Å². The Morgan fingerprint density at radius 3 is 1.89 bits per heavy atom. The SMILES string of the molecule is CC1(C)c2ccccc2-c2ccc(-c3cccc(-c4ccc(-c5cc(-c6ccccc6)nc(-c6ccc7ccccc7n6)n5)c5ccccc45)c3)cc21. The first kappa shape index (κ1) is 31.1. The summed E-state index contributed by atoms with van der Waals surface area (Å²) in [6, 6.07) is 62.6. The van der Waals surface area contributed by atoms with Crippen LogP contribution in [0.25, 0.3) is 89.1 Å². The van der Waals surface area contributed by atoms with Crippen LogP contribution in [-0.2, 0) is 5.41 Å². The number of hydrogen-bond acceptors (Lipinski definition) is 3. The van der Waals surface area contributed by atoms with Gasteiger partial charge in [0.1, 0.15) is 5.69 Å². The molecule has 0 amide bonds. The van der Waals surface area contributed by atoms with Gasteiger partial charge in [-0.2, -0.15) is 0 Å². The van der Waals surface area contributed by atoms with Gasteiger partial charge < -0.3 is 0 Å². The highest BCUT2D eigenvalue weighted by atomic mass is 14.9. The molecular weight excluding hydrogens is 643 g/mol. The quantitative estimate of drug-likeness (QED) is 0.182. The fraction of sp³-hybridized carbons (Fsp3) is 0.0600. The van der Waals surface area contributed by atoms with Gasteiger partial charge in [0.25, 0.3) is 0 Å². The van der Waals surface area contributed by atoms with E-state index in [9.17, 15) is 0 Å². The Labute approximate surface area is 309 Å². The molecule has 3 heteroatoms. The van der Waals surface area contributed by atoms with Gasteiger partial charge in [-0.15, -0.1) is 0 Å². The molecule has 9 aromatic rings. The van der Waals surface area contributed by atoms with Gasteiger partial charge in [-0.3, -0.25) is 0 Å². The van der Waals surface area contributed by atoms with Crippen LogP contribution >= 0.6 is 0 Å². The molecule has 0 saturated carbocycles. The summed E-state index contributed by atoms with van der Waals surface area (Å²) in [5.74, 6) is 0.605. The van der Waals surface area contributed by atoms with E-state index in [0.29, 0.717) is 5.82 Å². The van der Waals surface area contributed by atoms with Crippen LogP contribution in [-0.4, -0.2) is 15.0 Å². The summed E-state index contributed by atoms with van der Waals surface area (Å²) in [6.07, 6.45) is 0. The third kappa shape index (κ3) is 5.24. The highest BCUT2D eigenvalue weighted by Crippen LogP contribution is 2.49. The third-order valence-electron chi connectivity index (χ3n) is 10.9. The monoisotopic (exact) mass is 677 g/mol. The van der Waals surface area contributed by atoms with Crippen LogP contribution in [0, 0.1) is 0 Å². The van der Waals surface area contributed by atoms with Crippen LogP contribution in [0.2, 0.25) is 0 Å². The first-order valence-corrected chi connectivity index (χ1v) is 18.2. The summed E-state index contributed by atoms with van der Waals surface area (Å²) in [4.78, 5) is 15.2. The fourth-order valence-electron chi connectivity index (χ4n) is 8.17. The maximum atomic E-state index is 5.19. The van der Waals surface area contributed by atoms with Gasteiger partial charge in [0.15, 0.2) is 5.82 Å². The second-order valence-corrected chi connectivity index (χ2v) is 14.4. The summed E-state index contributed by atoms with van der Waals surface area (Å²) >= 11 is 0. The van der Waals surface area contributed by atoms with Gasteiger partial charge in [0.05, 0.1) is 16.9 Å². The van der Waals surface area contributed by atoms with Crippen LogP contribution in [0.1, 0.15) is 25.0 Å². The number of hydrogen-bond donors (Lipinski definition) is 0. The van der Waals surface area contributed by atoms with E-state index in [1.54, 1.807) is 0 Å². The lowest BCUT2D eigenvalue weighted by Crippen LogP contribution is -2.14. The average Bonchev–Trinajstić information content (AvgIpc) is 3.45. The topological polar surface area (TPSA) is 38.7 Å². The van der Waals surface area contributed by atoms with Crippen molar-refractivity contribution < 1.29 is 0 Å². The fourth-order valence-corrected chi connectivity index (χ4v) is 8.17. The predicted molar refractivity (Wildman–Crippen MR) is 220 cm³/mol. The van der Waals surface area contributed by atoms with Gasteiger partial charge >= 0.3 is 0 Å². The lowest BCUT2D eigenvalue weighted by molar-refractivity contribution is 0.660. The number of benzene rings is 7. The van der Waals surface area contributed by atoms with Crippen LogP contribution in [0.4, 0.5) is 0 Å². The second-order valence-electron chi connectivity index (χ2n) is 14.4. The summed E-state index contributed by atoms with van der Waals surface area (Å²) in [5, 5.41) is 3.41. The summed E-state index contributed by atoms with van der Waals surface area (Å²) in [5.41, 5.74) is 15.7. The highest BCUT2D eigenvalue weighted by Gasteiger charge is 2.35. The predicted octanol–water partition coefficient (Wildman–Crippen LogP) is 12.8. The molecular formula is C50H35N3. The summed E-state index contributed by atoms with van der Waals surface area (Å²) in [6.45, 7) is 4.68. The third-order valence-corrected chi connectivity index (χ3v) is 10.9. The number of aromatic nitrogens is 3. The maximum Gasteiger partial charge on any atom is 0.179 e. The van der Waals surface area contributed by atoms with Crippen LogP contribution in [0.3, 0.4) is 0 Å². The van der Waals surface area contributed by atoms with E-state index in [2.05, 4.69) is 147 Å². The number of nitrogens with zero attached hydrogens (tertiary/aromatic N) is 3. The van der Waals surface area contributed by atoms with Crippen LogP contribution < -0.4 is 0 Å². The minimum Gasteiger partial charge on any atom is -0.244 e. The van der Waals surface area contributed by atoms with Crippen molar-refractivity contribution in [2.45, 2.75) is 19.3 Å². The summed E-state index contributed by atoms with van der Waals surface area (Å²) in [7, 11) is 0. The number of para-hydroxylation sites is 1. The molecule has 0 radical (unpaired) electrons. The van der Waals surface area contributed by atoms with Crippen LogP contribution in [0.5, 0.6) is 0 Å². The van der Waals surface area contributed by atoms with E-state index >= 15 is 0 Å². The van der Waals surface area contributed by atoms with Gasteiger partial charge in [0.2, 0.25) is 0 Å². The second kappa shape index (κ2) is 12.2. The Kier molecular flexibility index (Phi) is 7.16. The van der Waals surface area contributed by atoms with Crippen molar-refractivity contribution in [1.82, 2.24) is 15.0 Å². The van der Waals surface area contributed by atoms with Crippen molar-refractivity contribution in [1.29, 1.82) is 0 Å². The minimum absolute atomic E-state index is 0.0445. The lowest BCUT2D eigenvalue weighted by atomic mass is 9.81. The van der Waals surface area contributed by atoms with Crippen molar-refractivity contribution >= 4 is 21.7 Å². The molecule has 0 spiro atoms. The molecule has 0 bridgehead atoms. The minimum atomic E-state index is -0.0445. The highest BCUT2D eigenvalue weighted by molar-refractivity contribution is 6.05. The number of rotatable bonds is 5. The van der Waals surface area contributed by atoms with Crippen molar-refractivity contribution in [3.05, 3.63) is 187 Å². The molecule has 0 N–H and O–H groups in total. The Balaban J connectivity index is 1.09. The van der Waals surface area contributed by atoms with Gasteiger partial charge in [-0.25, -0.2) is 15.0 Å². The molecule has 0 unspecified atom stereocenters. The Morgan fingerprint density at radius 2 is 1.00 bits per heavy atom. The van der Waals surface area contributed by atoms with Crippen LogP contribution in [0.15, 0.2) is 176 Å². The molecule has 1 aliphatic carbocycles. The Hall–Kier alpha value is -6.71. The van der Waals surface area contributed by atoms with E-state index < -0.39 is 0 Å². The van der Waals surface area contributed by atoms with Gasteiger partial charge in [-0.05, 0) is 85.6 Å². The Morgan fingerprint density at radius 1 is 0.358 bits per heavy atom. The molecule has 0 fully saturated rings.